The van der Waals surface area contributed by atoms with E-state index >= 15 is 0 Å². The first-order valence-electron chi connectivity index (χ1n) is 11.5. The minimum atomic E-state index is -2.71. The lowest BCUT2D eigenvalue weighted by molar-refractivity contribution is -0.125. The van der Waals surface area contributed by atoms with E-state index in [9.17, 15) is 27.5 Å². The standard InChI is InChI=1S/C24H26F2N4O5S/c25-22(26)15-2-1-3-16(12-15)23(32)28-24-27-19-13-18(29-8-9-35-14-21(29)31)4-5-20(19)30(24)17-6-10-36(33,34)11-7-17/h1-5,12-13,17,22,33-34H,6-11,14H2,(H,27,28,32). The van der Waals surface area contributed by atoms with Gasteiger partial charge in [0.05, 0.1) is 17.6 Å². The van der Waals surface area contributed by atoms with E-state index in [4.69, 9.17) is 4.74 Å². The molecule has 5 rings (SSSR count). The predicted octanol–water partition coefficient (Wildman–Crippen LogP) is 4.10. The van der Waals surface area contributed by atoms with Gasteiger partial charge >= 0.3 is 0 Å². The highest BCUT2D eigenvalue weighted by Crippen LogP contribution is 2.47. The third kappa shape index (κ3) is 4.94. The van der Waals surface area contributed by atoms with Crippen LogP contribution in [0.3, 0.4) is 0 Å². The summed E-state index contributed by atoms with van der Waals surface area (Å²) in [6.07, 6.45) is -1.76. The Labute approximate surface area is 206 Å². The number of alkyl halides is 2. The summed E-state index contributed by atoms with van der Waals surface area (Å²) < 4.78 is 53.5. The second-order valence-electron chi connectivity index (χ2n) is 8.90. The van der Waals surface area contributed by atoms with Crippen LogP contribution in [0.5, 0.6) is 0 Å². The molecular formula is C24H26F2N4O5S. The third-order valence-corrected chi connectivity index (χ3v) is 8.31. The molecule has 0 atom stereocenters. The van der Waals surface area contributed by atoms with Crippen molar-refractivity contribution in [3.8, 4) is 0 Å². The van der Waals surface area contributed by atoms with E-state index in [1.54, 1.807) is 11.0 Å². The lowest BCUT2D eigenvalue weighted by atomic mass is 10.1. The van der Waals surface area contributed by atoms with Gasteiger partial charge in [0.25, 0.3) is 18.2 Å². The van der Waals surface area contributed by atoms with Crippen LogP contribution in [-0.2, 0) is 9.53 Å². The van der Waals surface area contributed by atoms with Crippen molar-refractivity contribution < 1.29 is 32.2 Å². The summed E-state index contributed by atoms with van der Waals surface area (Å²) in [7, 11) is -2.63. The number of hydrogen-bond donors (Lipinski definition) is 3. The predicted molar refractivity (Wildman–Crippen MR) is 132 cm³/mol. The van der Waals surface area contributed by atoms with Crippen molar-refractivity contribution in [2.45, 2.75) is 25.3 Å². The number of hydrogen-bond acceptors (Lipinski definition) is 5. The van der Waals surface area contributed by atoms with Gasteiger partial charge < -0.3 is 19.2 Å². The minimum absolute atomic E-state index is 0.00397. The van der Waals surface area contributed by atoms with Crippen LogP contribution in [0.1, 0.15) is 41.2 Å². The summed E-state index contributed by atoms with van der Waals surface area (Å²) in [6, 6.07) is 10.5. The van der Waals surface area contributed by atoms with Crippen LogP contribution in [0, 0.1) is 0 Å². The minimum Gasteiger partial charge on any atom is -0.370 e. The van der Waals surface area contributed by atoms with E-state index in [2.05, 4.69) is 9.98 Å². The molecule has 192 valence electrons. The molecule has 9 nitrogen and oxygen atoms in total. The SMILES string of the molecule is O=C(/N=c1\[nH]c2cc(N3CCOCC3=O)ccc2n1C1CCS(O)(O)CC1)c1cccc(C(F)F)c1. The second kappa shape index (κ2) is 9.77. The Bertz CT molecular complexity index is 1380. The molecule has 2 aliphatic rings. The zero-order chi connectivity index (χ0) is 25.4. The molecule has 1 aromatic heterocycles. The molecule has 3 aromatic rings. The fourth-order valence-electron chi connectivity index (χ4n) is 4.66. The molecule has 0 unspecified atom stereocenters. The maximum atomic E-state index is 13.1. The Kier molecular flexibility index (Phi) is 6.68. The highest BCUT2D eigenvalue weighted by molar-refractivity contribution is 8.24. The van der Waals surface area contributed by atoms with Crippen LogP contribution in [0.4, 0.5) is 14.5 Å². The number of rotatable bonds is 4. The number of anilines is 1. The third-order valence-electron chi connectivity index (χ3n) is 6.53. The Morgan fingerprint density at radius 3 is 2.67 bits per heavy atom. The number of imidazole rings is 1. The lowest BCUT2D eigenvalue weighted by Gasteiger charge is -2.39. The molecule has 2 aliphatic heterocycles. The largest absolute Gasteiger partial charge is 0.370 e. The van der Waals surface area contributed by atoms with Crippen LogP contribution < -0.4 is 10.5 Å². The zero-order valence-corrected chi connectivity index (χ0v) is 20.1. The smallest absolute Gasteiger partial charge is 0.280 e. The van der Waals surface area contributed by atoms with E-state index in [1.165, 1.54) is 18.2 Å². The average Bonchev–Trinajstić information content (AvgIpc) is 3.21. The molecule has 3 N–H and O–H groups in total. The summed E-state index contributed by atoms with van der Waals surface area (Å²) in [5.74, 6) is -0.360. The molecule has 2 saturated heterocycles. The van der Waals surface area contributed by atoms with Gasteiger partial charge in [-0.2, -0.15) is 15.6 Å². The molecule has 0 bridgehead atoms. The molecule has 0 aliphatic carbocycles. The zero-order valence-electron chi connectivity index (χ0n) is 19.3. The van der Waals surface area contributed by atoms with Crippen LogP contribution in [0.25, 0.3) is 11.0 Å². The van der Waals surface area contributed by atoms with Crippen LogP contribution in [0.15, 0.2) is 47.5 Å². The number of ether oxygens (including phenoxy) is 1. The molecule has 0 radical (unpaired) electrons. The summed E-state index contributed by atoms with van der Waals surface area (Å²) >= 11 is 0. The molecule has 36 heavy (non-hydrogen) atoms. The van der Waals surface area contributed by atoms with E-state index < -0.39 is 22.9 Å². The average molecular weight is 521 g/mol. The highest BCUT2D eigenvalue weighted by Gasteiger charge is 2.28. The van der Waals surface area contributed by atoms with E-state index in [0.717, 1.165) is 11.6 Å². The Balaban J connectivity index is 1.59. The van der Waals surface area contributed by atoms with E-state index in [1.807, 2.05) is 16.7 Å². The topological polar surface area (TPSA) is 120 Å². The number of carbonyl (C=O) groups excluding carboxylic acids is 2. The number of morpholine rings is 1. The molecule has 3 heterocycles. The number of nitrogens with zero attached hydrogens (tertiary/aromatic N) is 3. The van der Waals surface area contributed by atoms with Gasteiger partial charge in [0.1, 0.15) is 6.61 Å². The maximum Gasteiger partial charge on any atom is 0.280 e. The van der Waals surface area contributed by atoms with Crippen molar-refractivity contribution in [2.24, 2.45) is 4.99 Å². The Hall–Kier alpha value is -3.06. The van der Waals surface area contributed by atoms with E-state index in [0.29, 0.717) is 37.2 Å². The molecular weight excluding hydrogens is 494 g/mol. The van der Waals surface area contributed by atoms with Crippen molar-refractivity contribution in [3.63, 3.8) is 0 Å². The fourth-order valence-corrected chi connectivity index (χ4v) is 6.16. The number of amides is 2. The number of aromatic nitrogens is 2. The molecule has 2 aromatic carbocycles. The number of halogens is 2. The normalized spacial score (nSPS) is 20.3. The maximum absolute atomic E-state index is 13.1. The number of carbonyl (C=O) groups is 2. The monoisotopic (exact) mass is 520 g/mol. The molecule has 12 heteroatoms. The second-order valence-corrected chi connectivity index (χ2v) is 11.3. The summed E-state index contributed by atoms with van der Waals surface area (Å²) in [5, 5.41) is 0. The van der Waals surface area contributed by atoms with Gasteiger partial charge in [-0.25, -0.2) is 8.78 Å². The summed E-state index contributed by atoms with van der Waals surface area (Å²) in [5.41, 5.74) is 2.04. The quantitative estimate of drug-likeness (QED) is 0.479. The Morgan fingerprint density at radius 2 is 1.94 bits per heavy atom. The van der Waals surface area contributed by atoms with Crippen LogP contribution in [-0.4, -0.2) is 61.7 Å². The molecule has 0 saturated carbocycles. The summed E-state index contributed by atoms with van der Waals surface area (Å²) in [6.45, 7) is 0.849. The number of H-pyrrole nitrogens is 1. The van der Waals surface area contributed by atoms with Crippen molar-refractivity contribution in [1.29, 1.82) is 0 Å². The van der Waals surface area contributed by atoms with Gasteiger partial charge in [-0.3, -0.25) is 18.7 Å². The number of fused-ring (bicyclic) bond motifs is 1. The number of aromatic amines is 1. The van der Waals surface area contributed by atoms with Crippen molar-refractivity contribution in [2.75, 3.05) is 36.2 Å². The fraction of sp³-hybridized carbons (Fsp3) is 0.375. The highest BCUT2D eigenvalue weighted by atomic mass is 32.3. The summed E-state index contributed by atoms with van der Waals surface area (Å²) in [4.78, 5) is 34.3. The van der Waals surface area contributed by atoms with Gasteiger partial charge in [-0.05, 0) is 43.2 Å². The van der Waals surface area contributed by atoms with Gasteiger partial charge in [-0.15, -0.1) is 0 Å². The van der Waals surface area contributed by atoms with Crippen LogP contribution >= 0.6 is 10.6 Å². The van der Waals surface area contributed by atoms with E-state index in [-0.39, 0.29) is 46.8 Å². The van der Waals surface area contributed by atoms with Gasteiger partial charge in [0.15, 0.2) is 0 Å². The lowest BCUT2D eigenvalue weighted by Crippen LogP contribution is -2.41. The van der Waals surface area contributed by atoms with Gasteiger partial charge in [-0.1, -0.05) is 12.1 Å². The van der Waals surface area contributed by atoms with Crippen molar-refractivity contribution in [3.05, 3.63) is 59.2 Å². The van der Waals surface area contributed by atoms with Gasteiger partial charge in [0, 0.05) is 40.9 Å². The number of benzene rings is 2. The van der Waals surface area contributed by atoms with Crippen molar-refractivity contribution >= 4 is 39.1 Å². The number of nitrogens with one attached hydrogen (secondary N) is 1. The first-order chi connectivity index (χ1) is 17.2. The molecule has 2 amide bonds. The van der Waals surface area contributed by atoms with Crippen LogP contribution in [0.2, 0.25) is 0 Å². The Morgan fingerprint density at radius 1 is 1.17 bits per heavy atom. The first-order valence-corrected chi connectivity index (χ1v) is 13.4. The first kappa shape index (κ1) is 24.6. The van der Waals surface area contributed by atoms with Crippen molar-refractivity contribution in [1.82, 2.24) is 9.55 Å². The molecule has 0 spiro atoms. The van der Waals surface area contributed by atoms with Gasteiger partial charge in [0.2, 0.25) is 5.62 Å². The molecule has 2 fully saturated rings.